The Hall–Kier alpha value is -1.80. The van der Waals surface area contributed by atoms with E-state index in [1.807, 2.05) is 38.1 Å². The number of hydrogen-bond donors (Lipinski definition) is 0. The van der Waals surface area contributed by atoms with Gasteiger partial charge in [0, 0.05) is 0 Å². The van der Waals surface area contributed by atoms with Crippen LogP contribution in [0.2, 0.25) is 0 Å². The van der Waals surface area contributed by atoms with Crippen molar-refractivity contribution in [3.05, 3.63) is 35.4 Å². The van der Waals surface area contributed by atoms with Crippen molar-refractivity contribution in [2.24, 2.45) is 0 Å². The lowest BCUT2D eigenvalue weighted by Gasteiger charge is -2.11. The van der Waals surface area contributed by atoms with Gasteiger partial charge in [-0.05, 0) is 25.0 Å². The molecule has 14 heavy (non-hydrogen) atoms. The maximum atomic E-state index is 8.83. The molecule has 2 atom stereocenters. The molecule has 0 bridgehead atoms. The first-order valence-electron chi connectivity index (χ1n) is 4.58. The summed E-state index contributed by atoms with van der Waals surface area (Å²) in [5.74, 6) is -0.302. The molecule has 0 N–H and O–H groups in total. The molecular weight excluding hydrogens is 172 g/mol. The molecule has 0 amide bonds. The van der Waals surface area contributed by atoms with E-state index in [9.17, 15) is 0 Å². The standard InChI is InChI=1S/C12H12N2/c1-9(7-13)11-5-3-4-6-12(11)10(2)8-14/h3-6,9-10H,1-2H3. The van der Waals surface area contributed by atoms with E-state index in [0.717, 1.165) is 11.1 Å². The minimum atomic E-state index is -0.151. The molecule has 2 unspecified atom stereocenters. The van der Waals surface area contributed by atoms with E-state index < -0.39 is 0 Å². The summed E-state index contributed by atoms with van der Waals surface area (Å²) < 4.78 is 0. The summed E-state index contributed by atoms with van der Waals surface area (Å²) in [4.78, 5) is 0. The molecule has 0 fully saturated rings. The number of nitrogens with zero attached hydrogens (tertiary/aromatic N) is 2. The molecule has 1 aromatic carbocycles. The van der Waals surface area contributed by atoms with E-state index in [-0.39, 0.29) is 11.8 Å². The Bertz CT molecular complexity index is 357. The number of rotatable bonds is 2. The van der Waals surface area contributed by atoms with Gasteiger partial charge in [-0.2, -0.15) is 10.5 Å². The van der Waals surface area contributed by atoms with Crippen LogP contribution in [0.1, 0.15) is 36.8 Å². The average Bonchev–Trinajstić information content (AvgIpc) is 2.27. The smallest absolute Gasteiger partial charge is 0.0701 e. The lowest BCUT2D eigenvalue weighted by atomic mass is 9.90. The van der Waals surface area contributed by atoms with E-state index in [4.69, 9.17) is 10.5 Å². The van der Waals surface area contributed by atoms with Crippen molar-refractivity contribution in [1.82, 2.24) is 0 Å². The maximum absolute atomic E-state index is 8.83. The van der Waals surface area contributed by atoms with Crippen LogP contribution >= 0.6 is 0 Å². The third-order valence-corrected chi connectivity index (χ3v) is 2.32. The highest BCUT2D eigenvalue weighted by atomic mass is 14.3. The first-order valence-corrected chi connectivity index (χ1v) is 4.58. The summed E-state index contributed by atoms with van der Waals surface area (Å²) >= 11 is 0. The summed E-state index contributed by atoms with van der Waals surface area (Å²) in [6.45, 7) is 3.70. The third-order valence-electron chi connectivity index (χ3n) is 2.32. The number of nitriles is 2. The van der Waals surface area contributed by atoms with Crippen LogP contribution in [0.3, 0.4) is 0 Å². The summed E-state index contributed by atoms with van der Waals surface area (Å²) in [6, 6.07) is 12.0. The molecule has 2 heteroatoms. The van der Waals surface area contributed by atoms with E-state index in [1.54, 1.807) is 0 Å². The summed E-state index contributed by atoms with van der Waals surface area (Å²) in [5.41, 5.74) is 1.92. The second-order valence-electron chi connectivity index (χ2n) is 3.33. The largest absolute Gasteiger partial charge is 0.198 e. The minimum Gasteiger partial charge on any atom is -0.198 e. The van der Waals surface area contributed by atoms with Crippen molar-refractivity contribution in [1.29, 1.82) is 10.5 Å². The zero-order valence-corrected chi connectivity index (χ0v) is 8.36. The van der Waals surface area contributed by atoms with Crippen LogP contribution in [-0.2, 0) is 0 Å². The predicted octanol–water partition coefficient (Wildman–Crippen LogP) is 2.94. The molecule has 0 heterocycles. The van der Waals surface area contributed by atoms with Crippen molar-refractivity contribution in [3.8, 4) is 12.1 Å². The summed E-state index contributed by atoms with van der Waals surface area (Å²) in [6.07, 6.45) is 0. The van der Waals surface area contributed by atoms with Crippen LogP contribution < -0.4 is 0 Å². The lowest BCUT2D eigenvalue weighted by molar-refractivity contribution is 0.896. The molecule has 0 aliphatic carbocycles. The SMILES string of the molecule is CC(C#N)c1ccccc1C(C)C#N. The molecule has 0 saturated carbocycles. The summed E-state index contributed by atoms with van der Waals surface area (Å²) in [5, 5.41) is 17.7. The second-order valence-corrected chi connectivity index (χ2v) is 3.33. The van der Waals surface area contributed by atoms with E-state index >= 15 is 0 Å². The molecule has 0 radical (unpaired) electrons. The Morgan fingerprint density at radius 3 is 1.57 bits per heavy atom. The third kappa shape index (κ3) is 1.92. The van der Waals surface area contributed by atoms with Gasteiger partial charge in [0.15, 0.2) is 0 Å². The van der Waals surface area contributed by atoms with E-state index in [1.165, 1.54) is 0 Å². The lowest BCUT2D eigenvalue weighted by Crippen LogP contribution is -1.99. The van der Waals surface area contributed by atoms with E-state index in [2.05, 4.69) is 12.1 Å². The van der Waals surface area contributed by atoms with Crippen LogP contribution in [0, 0.1) is 22.7 Å². The molecule has 70 valence electrons. The van der Waals surface area contributed by atoms with Gasteiger partial charge in [0.2, 0.25) is 0 Å². The predicted molar refractivity (Wildman–Crippen MR) is 54.5 cm³/mol. The first kappa shape index (κ1) is 10.3. The number of benzene rings is 1. The van der Waals surface area contributed by atoms with Crippen molar-refractivity contribution in [2.45, 2.75) is 25.7 Å². The first-order chi connectivity index (χ1) is 6.70. The average molecular weight is 184 g/mol. The highest BCUT2D eigenvalue weighted by Gasteiger charge is 2.13. The quantitative estimate of drug-likeness (QED) is 0.709. The van der Waals surface area contributed by atoms with Gasteiger partial charge >= 0.3 is 0 Å². The molecule has 0 aliphatic heterocycles. The number of hydrogen-bond acceptors (Lipinski definition) is 2. The van der Waals surface area contributed by atoms with Crippen LogP contribution in [-0.4, -0.2) is 0 Å². The van der Waals surface area contributed by atoms with Gasteiger partial charge < -0.3 is 0 Å². The Morgan fingerprint density at radius 1 is 0.929 bits per heavy atom. The maximum Gasteiger partial charge on any atom is 0.0701 e. The van der Waals surface area contributed by atoms with Crippen molar-refractivity contribution in [3.63, 3.8) is 0 Å². The fourth-order valence-electron chi connectivity index (χ4n) is 1.44. The Balaban J connectivity index is 3.18. The van der Waals surface area contributed by atoms with Crippen LogP contribution in [0.15, 0.2) is 24.3 Å². The monoisotopic (exact) mass is 184 g/mol. The van der Waals surface area contributed by atoms with Crippen LogP contribution in [0.25, 0.3) is 0 Å². The van der Waals surface area contributed by atoms with Crippen molar-refractivity contribution in [2.75, 3.05) is 0 Å². The molecule has 0 saturated heterocycles. The molecule has 1 rings (SSSR count). The second kappa shape index (κ2) is 4.44. The fourth-order valence-corrected chi connectivity index (χ4v) is 1.44. The van der Waals surface area contributed by atoms with Gasteiger partial charge in [0.25, 0.3) is 0 Å². The molecule has 0 spiro atoms. The molecule has 1 aromatic rings. The van der Waals surface area contributed by atoms with Gasteiger partial charge in [0.1, 0.15) is 0 Å². The minimum absolute atomic E-state index is 0.151. The normalized spacial score (nSPS) is 13.7. The topological polar surface area (TPSA) is 47.6 Å². The molecule has 0 aliphatic rings. The van der Waals surface area contributed by atoms with Crippen molar-refractivity contribution >= 4 is 0 Å². The highest BCUT2D eigenvalue weighted by Crippen LogP contribution is 2.25. The van der Waals surface area contributed by atoms with Gasteiger partial charge in [-0.3, -0.25) is 0 Å². The summed E-state index contributed by atoms with van der Waals surface area (Å²) in [7, 11) is 0. The fraction of sp³-hybridized carbons (Fsp3) is 0.333. The van der Waals surface area contributed by atoms with Crippen LogP contribution in [0.5, 0.6) is 0 Å². The van der Waals surface area contributed by atoms with E-state index in [0.29, 0.717) is 0 Å². The molecule has 2 nitrogen and oxygen atoms in total. The highest BCUT2D eigenvalue weighted by molar-refractivity contribution is 5.37. The zero-order valence-electron chi connectivity index (χ0n) is 8.36. The van der Waals surface area contributed by atoms with Gasteiger partial charge in [0.05, 0.1) is 24.0 Å². The molecule has 0 aromatic heterocycles. The Kier molecular flexibility index (Phi) is 3.26. The van der Waals surface area contributed by atoms with Crippen LogP contribution in [0.4, 0.5) is 0 Å². The van der Waals surface area contributed by atoms with Gasteiger partial charge in [-0.1, -0.05) is 24.3 Å². The Morgan fingerprint density at radius 2 is 1.29 bits per heavy atom. The zero-order chi connectivity index (χ0) is 10.6. The van der Waals surface area contributed by atoms with Crippen molar-refractivity contribution < 1.29 is 0 Å². The van der Waals surface area contributed by atoms with Gasteiger partial charge in [-0.15, -0.1) is 0 Å². The van der Waals surface area contributed by atoms with Gasteiger partial charge in [-0.25, -0.2) is 0 Å². The Labute approximate surface area is 84.4 Å². The molecular formula is C12H12N2.